The third kappa shape index (κ3) is 2.87. The number of aromatic nitrogens is 4. The first-order valence-electron chi connectivity index (χ1n) is 5.63. The lowest BCUT2D eigenvalue weighted by Gasteiger charge is -2.07. The molecule has 0 saturated heterocycles. The SMILES string of the molecule is COc1ccc(-c2nnn(CC(C)=O)n2)cc1OC. The van der Waals surface area contributed by atoms with Crippen LogP contribution in [0.4, 0.5) is 0 Å². The minimum Gasteiger partial charge on any atom is -0.493 e. The molecule has 0 bridgehead atoms. The number of ether oxygens (including phenoxy) is 2. The molecule has 0 aliphatic carbocycles. The van der Waals surface area contributed by atoms with Gasteiger partial charge in [0.25, 0.3) is 0 Å². The Hall–Kier alpha value is -2.44. The molecule has 0 spiro atoms. The van der Waals surface area contributed by atoms with Crippen LogP contribution in [0, 0.1) is 0 Å². The van der Waals surface area contributed by atoms with Gasteiger partial charge in [-0.1, -0.05) is 0 Å². The Kier molecular flexibility index (Phi) is 3.74. The summed E-state index contributed by atoms with van der Waals surface area (Å²) in [6.07, 6.45) is 0. The van der Waals surface area contributed by atoms with E-state index >= 15 is 0 Å². The minimum absolute atomic E-state index is 0.0312. The van der Waals surface area contributed by atoms with Crippen LogP contribution in [0.2, 0.25) is 0 Å². The molecule has 100 valence electrons. The van der Waals surface area contributed by atoms with Crippen LogP contribution in [0.25, 0.3) is 11.4 Å². The fourth-order valence-electron chi connectivity index (χ4n) is 1.60. The Morgan fingerprint density at radius 2 is 2.00 bits per heavy atom. The van der Waals surface area contributed by atoms with Gasteiger partial charge in [-0.2, -0.15) is 4.80 Å². The fourth-order valence-corrected chi connectivity index (χ4v) is 1.60. The first kappa shape index (κ1) is 13.0. The van der Waals surface area contributed by atoms with Gasteiger partial charge in [0, 0.05) is 5.56 Å². The van der Waals surface area contributed by atoms with E-state index in [2.05, 4.69) is 15.4 Å². The van der Waals surface area contributed by atoms with E-state index < -0.39 is 0 Å². The van der Waals surface area contributed by atoms with Crippen molar-refractivity contribution in [2.45, 2.75) is 13.5 Å². The topological polar surface area (TPSA) is 79.1 Å². The number of benzene rings is 1. The fraction of sp³-hybridized carbons (Fsp3) is 0.333. The average Bonchev–Trinajstić information content (AvgIpc) is 2.85. The van der Waals surface area contributed by atoms with Crippen LogP contribution in [0.15, 0.2) is 18.2 Å². The summed E-state index contributed by atoms with van der Waals surface area (Å²) in [4.78, 5) is 12.2. The van der Waals surface area contributed by atoms with Crippen LogP contribution in [-0.2, 0) is 11.3 Å². The molecule has 0 unspecified atom stereocenters. The number of carbonyl (C=O) groups excluding carboxylic acids is 1. The van der Waals surface area contributed by atoms with Crippen molar-refractivity contribution in [3.05, 3.63) is 18.2 Å². The molecule has 0 amide bonds. The number of tetrazole rings is 1. The third-order valence-corrected chi connectivity index (χ3v) is 2.46. The van der Waals surface area contributed by atoms with Crippen LogP contribution in [0.1, 0.15) is 6.92 Å². The number of hydrogen-bond donors (Lipinski definition) is 0. The van der Waals surface area contributed by atoms with Crippen molar-refractivity contribution in [1.82, 2.24) is 20.2 Å². The molecule has 0 saturated carbocycles. The molecular formula is C12H14N4O3. The largest absolute Gasteiger partial charge is 0.493 e. The lowest BCUT2D eigenvalue weighted by atomic mass is 10.2. The van der Waals surface area contributed by atoms with Gasteiger partial charge in [-0.25, -0.2) is 0 Å². The maximum Gasteiger partial charge on any atom is 0.205 e. The molecule has 1 aromatic carbocycles. The molecule has 0 radical (unpaired) electrons. The number of hydrogen-bond acceptors (Lipinski definition) is 6. The summed E-state index contributed by atoms with van der Waals surface area (Å²) >= 11 is 0. The summed E-state index contributed by atoms with van der Waals surface area (Å²) in [7, 11) is 3.13. The summed E-state index contributed by atoms with van der Waals surface area (Å²) in [5.41, 5.74) is 0.743. The zero-order valence-electron chi connectivity index (χ0n) is 11.0. The average molecular weight is 262 g/mol. The van der Waals surface area contributed by atoms with Gasteiger partial charge in [-0.3, -0.25) is 4.79 Å². The van der Waals surface area contributed by atoms with Crippen molar-refractivity contribution in [3.8, 4) is 22.9 Å². The van der Waals surface area contributed by atoms with Crippen LogP contribution >= 0.6 is 0 Å². The van der Waals surface area contributed by atoms with Gasteiger partial charge in [-0.05, 0) is 30.3 Å². The maximum absolute atomic E-state index is 11.0. The molecule has 7 nitrogen and oxygen atoms in total. The zero-order valence-corrected chi connectivity index (χ0v) is 11.0. The second-order valence-electron chi connectivity index (χ2n) is 3.92. The summed E-state index contributed by atoms with van der Waals surface area (Å²) in [6.45, 7) is 1.58. The molecule has 1 aromatic heterocycles. The van der Waals surface area contributed by atoms with Gasteiger partial charge in [0.2, 0.25) is 5.82 Å². The van der Waals surface area contributed by atoms with Crippen molar-refractivity contribution in [2.75, 3.05) is 14.2 Å². The molecular weight excluding hydrogens is 248 g/mol. The van der Waals surface area contributed by atoms with E-state index in [0.717, 1.165) is 5.56 Å². The molecule has 0 aliphatic rings. The highest BCUT2D eigenvalue weighted by Gasteiger charge is 2.11. The Labute approximate surface area is 110 Å². The predicted molar refractivity (Wildman–Crippen MR) is 67.0 cm³/mol. The van der Waals surface area contributed by atoms with Crippen LogP contribution < -0.4 is 9.47 Å². The van der Waals surface area contributed by atoms with Gasteiger partial charge in [0.05, 0.1) is 14.2 Å². The first-order chi connectivity index (χ1) is 9.13. The Balaban J connectivity index is 2.31. The van der Waals surface area contributed by atoms with Crippen molar-refractivity contribution < 1.29 is 14.3 Å². The highest BCUT2D eigenvalue weighted by molar-refractivity contribution is 5.75. The summed E-state index contributed by atoms with van der Waals surface area (Å²) < 4.78 is 10.4. The molecule has 1 heterocycles. The smallest absolute Gasteiger partial charge is 0.205 e. The van der Waals surface area contributed by atoms with E-state index in [4.69, 9.17) is 9.47 Å². The van der Waals surface area contributed by atoms with Crippen LogP contribution in [0.3, 0.4) is 0 Å². The normalized spacial score (nSPS) is 10.3. The van der Waals surface area contributed by atoms with Crippen molar-refractivity contribution in [1.29, 1.82) is 0 Å². The maximum atomic E-state index is 11.0. The van der Waals surface area contributed by atoms with Crippen molar-refractivity contribution >= 4 is 5.78 Å². The van der Waals surface area contributed by atoms with E-state index in [0.29, 0.717) is 17.3 Å². The number of nitrogens with zero attached hydrogens (tertiary/aromatic N) is 4. The Morgan fingerprint density at radius 3 is 2.63 bits per heavy atom. The lowest BCUT2D eigenvalue weighted by molar-refractivity contribution is -0.117. The third-order valence-electron chi connectivity index (χ3n) is 2.46. The molecule has 0 aliphatic heterocycles. The van der Waals surface area contributed by atoms with E-state index in [1.165, 1.54) is 11.7 Å². The number of ketones is 1. The van der Waals surface area contributed by atoms with Gasteiger partial charge in [0.1, 0.15) is 6.54 Å². The molecule has 0 N–H and O–H groups in total. The quantitative estimate of drug-likeness (QED) is 0.798. The summed E-state index contributed by atoms with van der Waals surface area (Å²) in [6, 6.07) is 5.32. The van der Waals surface area contributed by atoms with Gasteiger partial charge in [-0.15, -0.1) is 10.2 Å². The Morgan fingerprint density at radius 1 is 1.26 bits per heavy atom. The molecule has 7 heteroatoms. The summed E-state index contributed by atoms with van der Waals surface area (Å²) in [5, 5.41) is 11.8. The van der Waals surface area contributed by atoms with Crippen molar-refractivity contribution in [3.63, 3.8) is 0 Å². The van der Waals surface area contributed by atoms with Gasteiger partial charge >= 0.3 is 0 Å². The second-order valence-corrected chi connectivity index (χ2v) is 3.92. The summed E-state index contributed by atoms with van der Waals surface area (Å²) in [5.74, 6) is 1.61. The molecule has 0 fully saturated rings. The first-order valence-corrected chi connectivity index (χ1v) is 5.63. The zero-order chi connectivity index (χ0) is 13.8. The predicted octanol–water partition coefficient (Wildman–Crippen LogP) is 0.946. The molecule has 0 atom stereocenters. The Bertz CT molecular complexity index is 594. The molecule has 2 rings (SSSR count). The number of methoxy groups -OCH3 is 2. The minimum atomic E-state index is -0.0312. The van der Waals surface area contributed by atoms with E-state index in [1.54, 1.807) is 32.4 Å². The van der Waals surface area contributed by atoms with Crippen LogP contribution in [0.5, 0.6) is 11.5 Å². The van der Waals surface area contributed by atoms with E-state index in [-0.39, 0.29) is 12.3 Å². The van der Waals surface area contributed by atoms with Gasteiger partial charge < -0.3 is 9.47 Å². The number of Topliss-reactive ketones (excluding diaryl/α,β-unsaturated/α-hetero) is 1. The molecule has 19 heavy (non-hydrogen) atoms. The highest BCUT2D eigenvalue weighted by atomic mass is 16.5. The molecule has 2 aromatic rings. The lowest BCUT2D eigenvalue weighted by Crippen LogP contribution is -2.09. The highest BCUT2D eigenvalue weighted by Crippen LogP contribution is 2.30. The van der Waals surface area contributed by atoms with Gasteiger partial charge in [0.15, 0.2) is 17.3 Å². The monoisotopic (exact) mass is 262 g/mol. The van der Waals surface area contributed by atoms with E-state index in [9.17, 15) is 4.79 Å². The van der Waals surface area contributed by atoms with Crippen LogP contribution in [-0.4, -0.2) is 40.2 Å². The van der Waals surface area contributed by atoms with E-state index in [1.807, 2.05) is 0 Å². The van der Waals surface area contributed by atoms with Crippen molar-refractivity contribution in [2.24, 2.45) is 0 Å². The standard InChI is InChI=1S/C12H14N4O3/c1-8(17)7-16-14-12(13-15-16)9-4-5-10(18-2)11(6-9)19-3/h4-6H,7H2,1-3H3. The number of carbonyl (C=O) groups is 1. The number of rotatable bonds is 5. The second kappa shape index (κ2) is 5.47.